The molecule has 108 valence electrons. The zero-order valence-corrected chi connectivity index (χ0v) is 13.2. The minimum Gasteiger partial charge on any atom is -0.324 e. The van der Waals surface area contributed by atoms with Crippen LogP contribution in [0.15, 0.2) is 23.4 Å². The molecule has 0 saturated heterocycles. The maximum Gasteiger partial charge on any atom is 0.191 e. The molecule has 1 aromatic carbocycles. The minimum atomic E-state index is 0.442. The summed E-state index contributed by atoms with van der Waals surface area (Å²) in [6.45, 7) is 7.80. The first-order valence-electron chi connectivity index (χ1n) is 6.96. The van der Waals surface area contributed by atoms with Gasteiger partial charge in [0.15, 0.2) is 5.16 Å². The number of thioether (sulfide) groups is 1. The monoisotopic (exact) mass is 290 g/mol. The molecule has 2 aromatic rings. The van der Waals surface area contributed by atoms with Crippen LogP contribution in [0, 0.1) is 13.8 Å². The van der Waals surface area contributed by atoms with E-state index in [1.165, 1.54) is 16.7 Å². The predicted octanol–water partition coefficient (Wildman–Crippen LogP) is 3.06. The molecule has 0 saturated carbocycles. The summed E-state index contributed by atoms with van der Waals surface area (Å²) in [5.74, 6) is 1.78. The van der Waals surface area contributed by atoms with Gasteiger partial charge < -0.3 is 10.3 Å². The Labute approximate surface area is 124 Å². The maximum absolute atomic E-state index is 5.71. The summed E-state index contributed by atoms with van der Waals surface area (Å²) in [7, 11) is 0. The second-order valence-corrected chi connectivity index (χ2v) is 5.90. The van der Waals surface area contributed by atoms with Crippen LogP contribution >= 0.6 is 11.8 Å². The topological polar surface area (TPSA) is 56.7 Å². The standard InChI is InChI=1S/C15H22N4S/c1-4-7-19-14(9-16)17-18-15(19)20-10-13-6-5-11(2)12(3)8-13/h5-6,8H,4,7,9-10,16H2,1-3H3. The molecule has 0 aliphatic carbocycles. The van der Waals surface area contributed by atoms with Gasteiger partial charge in [-0.15, -0.1) is 10.2 Å². The molecular weight excluding hydrogens is 268 g/mol. The maximum atomic E-state index is 5.71. The van der Waals surface area contributed by atoms with Crippen LogP contribution in [-0.2, 0) is 18.8 Å². The third-order valence-corrected chi connectivity index (χ3v) is 4.40. The number of hydrogen-bond acceptors (Lipinski definition) is 4. The molecule has 0 radical (unpaired) electrons. The fourth-order valence-corrected chi connectivity index (χ4v) is 2.99. The molecule has 5 heteroatoms. The Morgan fingerprint density at radius 2 is 2.00 bits per heavy atom. The summed E-state index contributed by atoms with van der Waals surface area (Å²) in [4.78, 5) is 0. The highest BCUT2D eigenvalue weighted by Gasteiger charge is 2.10. The van der Waals surface area contributed by atoms with Gasteiger partial charge in [-0.1, -0.05) is 36.9 Å². The molecule has 0 fully saturated rings. The number of hydrogen-bond donors (Lipinski definition) is 1. The molecule has 0 aliphatic heterocycles. The third-order valence-electron chi connectivity index (χ3n) is 3.36. The Morgan fingerprint density at radius 1 is 1.20 bits per heavy atom. The zero-order valence-electron chi connectivity index (χ0n) is 12.4. The number of rotatable bonds is 6. The summed E-state index contributed by atoms with van der Waals surface area (Å²) in [6, 6.07) is 6.60. The molecule has 2 N–H and O–H groups in total. The van der Waals surface area contributed by atoms with E-state index in [9.17, 15) is 0 Å². The Morgan fingerprint density at radius 3 is 2.65 bits per heavy atom. The summed E-state index contributed by atoms with van der Waals surface area (Å²) in [5.41, 5.74) is 9.69. The van der Waals surface area contributed by atoms with Gasteiger partial charge in [0.25, 0.3) is 0 Å². The third kappa shape index (κ3) is 3.41. The van der Waals surface area contributed by atoms with Gasteiger partial charge in [-0.2, -0.15) is 0 Å². The van der Waals surface area contributed by atoms with E-state index in [0.717, 1.165) is 29.7 Å². The lowest BCUT2D eigenvalue weighted by Gasteiger charge is -2.08. The highest BCUT2D eigenvalue weighted by Crippen LogP contribution is 2.23. The SMILES string of the molecule is CCCn1c(CN)nnc1SCc1ccc(C)c(C)c1. The number of nitrogens with two attached hydrogens (primary N) is 1. The van der Waals surface area contributed by atoms with Gasteiger partial charge in [0, 0.05) is 12.3 Å². The Bertz CT molecular complexity index is 577. The van der Waals surface area contributed by atoms with Gasteiger partial charge in [-0.25, -0.2) is 0 Å². The number of nitrogens with zero attached hydrogens (tertiary/aromatic N) is 3. The molecule has 1 heterocycles. The van der Waals surface area contributed by atoms with Crippen LogP contribution in [0.2, 0.25) is 0 Å². The van der Waals surface area contributed by atoms with Gasteiger partial charge in [0.1, 0.15) is 5.82 Å². The van der Waals surface area contributed by atoms with Gasteiger partial charge in [0.05, 0.1) is 6.54 Å². The Hall–Kier alpha value is -1.33. The molecule has 0 atom stereocenters. The summed E-state index contributed by atoms with van der Waals surface area (Å²) in [6.07, 6.45) is 1.06. The molecule has 2 rings (SSSR count). The normalized spacial score (nSPS) is 11.0. The van der Waals surface area contributed by atoms with Crippen molar-refractivity contribution in [3.05, 3.63) is 40.7 Å². The average Bonchev–Trinajstić information content (AvgIpc) is 2.83. The second-order valence-electron chi connectivity index (χ2n) is 4.96. The smallest absolute Gasteiger partial charge is 0.191 e. The summed E-state index contributed by atoms with van der Waals surface area (Å²) < 4.78 is 2.13. The first kappa shape index (κ1) is 15.1. The van der Waals surface area contributed by atoms with Crippen molar-refractivity contribution in [2.45, 2.75) is 51.2 Å². The van der Waals surface area contributed by atoms with E-state index in [-0.39, 0.29) is 0 Å². The van der Waals surface area contributed by atoms with Crippen LogP contribution < -0.4 is 5.73 Å². The predicted molar refractivity (Wildman–Crippen MR) is 83.7 cm³/mol. The molecule has 0 spiro atoms. The molecule has 0 amide bonds. The van der Waals surface area contributed by atoms with Gasteiger partial charge in [-0.05, 0) is 37.0 Å². The van der Waals surface area contributed by atoms with Crippen molar-refractivity contribution in [2.24, 2.45) is 5.73 Å². The van der Waals surface area contributed by atoms with E-state index in [1.54, 1.807) is 11.8 Å². The molecule has 4 nitrogen and oxygen atoms in total. The van der Waals surface area contributed by atoms with E-state index in [2.05, 4.69) is 53.7 Å². The van der Waals surface area contributed by atoms with Crippen LogP contribution in [-0.4, -0.2) is 14.8 Å². The zero-order chi connectivity index (χ0) is 14.5. The van der Waals surface area contributed by atoms with Crippen LogP contribution in [0.1, 0.15) is 35.9 Å². The van der Waals surface area contributed by atoms with Crippen LogP contribution in [0.4, 0.5) is 0 Å². The van der Waals surface area contributed by atoms with E-state index in [1.807, 2.05) is 0 Å². The van der Waals surface area contributed by atoms with Crippen LogP contribution in [0.25, 0.3) is 0 Å². The first-order chi connectivity index (χ1) is 9.65. The average molecular weight is 290 g/mol. The highest BCUT2D eigenvalue weighted by molar-refractivity contribution is 7.98. The summed E-state index contributed by atoms with van der Waals surface area (Å²) in [5, 5.41) is 9.38. The van der Waals surface area contributed by atoms with Crippen LogP contribution in [0.3, 0.4) is 0 Å². The number of aromatic nitrogens is 3. The molecule has 0 aliphatic rings. The van der Waals surface area contributed by atoms with E-state index < -0.39 is 0 Å². The lowest BCUT2D eigenvalue weighted by molar-refractivity contribution is 0.592. The van der Waals surface area contributed by atoms with Crippen molar-refractivity contribution in [2.75, 3.05) is 0 Å². The fraction of sp³-hybridized carbons (Fsp3) is 0.467. The molecule has 1 aromatic heterocycles. The van der Waals surface area contributed by atoms with Gasteiger partial charge in [-0.3, -0.25) is 0 Å². The van der Waals surface area contributed by atoms with Crippen LogP contribution in [0.5, 0.6) is 0 Å². The van der Waals surface area contributed by atoms with Crippen molar-refractivity contribution in [3.8, 4) is 0 Å². The van der Waals surface area contributed by atoms with Crippen molar-refractivity contribution in [1.82, 2.24) is 14.8 Å². The van der Waals surface area contributed by atoms with Gasteiger partial charge >= 0.3 is 0 Å². The molecular formula is C15H22N4S. The van der Waals surface area contributed by atoms with Crippen molar-refractivity contribution >= 4 is 11.8 Å². The molecule has 0 bridgehead atoms. The Balaban J connectivity index is 2.10. The quantitative estimate of drug-likeness (QED) is 0.831. The molecule has 20 heavy (non-hydrogen) atoms. The first-order valence-corrected chi connectivity index (χ1v) is 7.95. The highest BCUT2D eigenvalue weighted by atomic mass is 32.2. The Kier molecular flexibility index (Phi) is 5.20. The van der Waals surface area contributed by atoms with E-state index in [4.69, 9.17) is 5.73 Å². The van der Waals surface area contributed by atoms with Crippen molar-refractivity contribution < 1.29 is 0 Å². The number of aryl methyl sites for hydroxylation is 2. The van der Waals surface area contributed by atoms with Gasteiger partial charge in [0.2, 0.25) is 0 Å². The fourth-order valence-electron chi connectivity index (χ4n) is 2.07. The molecule has 0 unspecified atom stereocenters. The van der Waals surface area contributed by atoms with E-state index in [0.29, 0.717) is 6.54 Å². The largest absolute Gasteiger partial charge is 0.324 e. The minimum absolute atomic E-state index is 0.442. The number of benzene rings is 1. The lowest BCUT2D eigenvalue weighted by Crippen LogP contribution is -2.09. The van der Waals surface area contributed by atoms with Crippen molar-refractivity contribution in [3.63, 3.8) is 0 Å². The second kappa shape index (κ2) is 6.90. The lowest BCUT2D eigenvalue weighted by atomic mass is 10.1. The summed E-state index contributed by atoms with van der Waals surface area (Å²) >= 11 is 1.72. The van der Waals surface area contributed by atoms with Crippen molar-refractivity contribution in [1.29, 1.82) is 0 Å². The van der Waals surface area contributed by atoms with E-state index >= 15 is 0 Å².